The van der Waals surface area contributed by atoms with Gasteiger partial charge in [0, 0.05) is 13.6 Å². The molecule has 1 unspecified atom stereocenters. The van der Waals surface area contributed by atoms with Crippen molar-refractivity contribution in [2.24, 2.45) is 11.7 Å². The van der Waals surface area contributed by atoms with Crippen LogP contribution in [0.2, 0.25) is 0 Å². The number of carbonyl (C=O) groups excluding carboxylic acids is 2. The lowest BCUT2D eigenvalue weighted by atomic mass is 10.1. The topological polar surface area (TPSA) is 75.4 Å². The van der Waals surface area contributed by atoms with Crippen LogP contribution in [0.4, 0.5) is 4.39 Å². The first-order valence-corrected chi connectivity index (χ1v) is 5.75. The molecular formula is C12H18FN3O2. The average Bonchev–Trinajstić information content (AvgIpc) is 2.59. The van der Waals surface area contributed by atoms with Crippen molar-refractivity contribution in [2.45, 2.75) is 19.5 Å². The molecule has 18 heavy (non-hydrogen) atoms. The summed E-state index contributed by atoms with van der Waals surface area (Å²) in [4.78, 5) is 24.8. The van der Waals surface area contributed by atoms with E-state index in [4.69, 9.17) is 5.73 Å². The van der Waals surface area contributed by atoms with E-state index in [-0.39, 0.29) is 11.7 Å². The van der Waals surface area contributed by atoms with Crippen LogP contribution in [0.5, 0.6) is 0 Å². The highest BCUT2D eigenvalue weighted by atomic mass is 19.1. The molecule has 1 aliphatic rings. The summed E-state index contributed by atoms with van der Waals surface area (Å²) in [6, 6.07) is 0. The number of rotatable bonds is 4. The minimum atomic E-state index is -1.07. The van der Waals surface area contributed by atoms with Gasteiger partial charge in [0.15, 0.2) is 0 Å². The molecule has 3 N–H and O–H groups in total. The van der Waals surface area contributed by atoms with E-state index in [1.807, 2.05) is 0 Å². The summed E-state index contributed by atoms with van der Waals surface area (Å²) in [5, 5.41) is 2.43. The zero-order valence-electron chi connectivity index (χ0n) is 10.5. The van der Waals surface area contributed by atoms with E-state index in [9.17, 15) is 14.0 Å². The number of allylic oxidation sites excluding steroid dienone is 3. The van der Waals surface area contributed by atoms with Crippen LogP contribution in [0.3, 0.4) is 0 Å². The number of carbonyl (C=O) groups is 2. The number of likely N-dealkylation sites (tertiary alicyclic amines) is 1. The minimum Gasteiger partial charge on any atom is -0.385 e. The second-order valence-corrected chi connectivity index (χ2v) is 4.27. The van der Waals surface area contributed by atoms with Crippen molar-refractivity contribution < 1.29 is 14.0 Å². The molecule has 2 amide bonds. The smallest absolute Gasteiger partial charge is 0.238 e. The zero-order chi connectivity index (χ0) is 13.7. The monoisotopic (exact) mass is 255 g/mol. The van der Waals surface area contributed by atoms with Gasteiger partial charge < -0.3 is 16.0 Å². The minimum absolute atomic E-state index is 0.0965. The van der Waals surface area contributed by atoms with Gasteiger partial charge >= 0.3 is 0 Å². The third-order valence-corrected chi connectivity index (χ3v) is 2.66. The van der Waals surface area contributed by atoms with Crippen molar-refractivity contribution in [1.29, 1.82) is 0 Å². The molecule has 1 rings (SSSR count). The van der Waals surface area contributed by atoms with Gasteiger partial charge in [0.25, 0.3) is 0 Å². The van der Waals surface area contributed by atoms with Gasteiger partial charge in [0.2, 0.25) is 11.8 Å². The van der Waals surface area contributed by atoms with Crippen molar-refractivity contribution >= 4 is 11.8 Å². The Morgan fingerprint density at radius 3 is 2.83 bits per heavy atom. The predicted molar refractivity (Wildman–Crippen MR) is 65.9 cm³/mol. The molecule has 0 bridgehead atoms. The number of nitrogens with two attached hydrogens (primary N) is 1. The number of alkyl halides is 1. The molecule has 1 fully saturated rings. The summed E-state index contributed by atoms with van der Waals surface area (Å²) in [6.45, 7) is 1.95. The Balaban J connectivity index is 2.52. The van der Waals surface area contributed by atoms with E-state index in [2.05, 4.69) is 5.32 Å². The predicted octanol–water partition coefficient (Wildman–Crippen LogP) is 0.295. The second kappa shape index (κ2) is 6.18. The molecule has 2 atom stereocenters. The van der Waals surface area contributed by atoms with Gasteiger partial charge in [0.05, 0.1) is 0 Å². The van der Waals surface area contributed by atoms with Gasteiger partial charge in [-0.2, -0.15) is 0 Å². The summed E-state index contributed by atoms with van der Waals surface area (Å²) in [5.74, 6) is -1.20. The fourth-order valence-corrected chi connectivity index (χ4v) is 1.65. The van der Waals surface area contributed by atoms with Crippen LogP contribution >= 0.6 is 0 Å². The van der Waals surface area contributed by atoms with Gasteiger partial charge in [-0.15, -0.1) is 0 Å². The van der Waals surface area contributed by atoms with Gasteiger partial charge in [-0.3, -0.25) is 9.59 Å². The Morgan fingerprint density at radius 2 is 2.33 bits per heavy atom. The molecule has 0 aromatic carbocycles. The van der Waals surface area contributed by atoms with E-state index < -0.39 is 18.0 Å². The summed E-state index contributed by atoms with van der Waals surface area (Å²) >= 11 is 0. The molecule has 0 aliphatic carbocycles. The van der Waals surface area contributed by atoms with Crippen LogP contribution in [0, 0.1) is 5.92 Å². The number of nitrogens with one attached hydrogen (secondary N) is 1. The molecule has 5 nitrogen and oxygen atoms in total. The summed E-state index contributed by atoms with van der Waals surface area (Å²) in [5.41, 5.74) is 5.54. The number of nitrogens with zero attached hydrogens (tertiary/aromatic N) is 1. The molecule has 0 radical (unpaired) electrons. The Labute approximate surface area is 106 Å². The number of hydrogen-bond acceptors (Lipinski definition) is 3. The highest BCUT2D eigenvalue weighted by molar-refractivity contribution is 6.02. The number of hydrogen-bond donors (Lipinski definition) is 2. The van der Waals surface area contributed by atoms with E-state index >= 15 is 0 Å². The van der Waals surface area contributed by atoms with Gasteiger partial charge in [-0.25, -0.2) is 4.39 Å². The van der Waals surface area contributed by atoms with Crippen molar-refractivity contribution in [3.05, 3.63) is 24.0 Å². The first-order valence-electron chi connectivity index (χ1n) is 5.75. The lowest BCUT2D eigenvalue weighted by molar-refractivity contribution is -0.136. The molecule has 1 aliphatic heterocycles. The third kappa shape index (κ3) is 3.87. The van der Waals surface area contributed by atoms with Crippen LogP contribution in [0.1, 0.15) is 13.3 Å². The zero-order valence-corrected chi connectivity index (χ0v) is 10.5. The molecular weight excluding hydrogens is 237 g/mol. The van der Waals surface area contributed by atoms with Crippen LogP contribution in [0.25, 0.3) is 0 Å². The van der Waals surface area contributed by atoms with Crippen LogP contribution in [-0.4, -0.2) is 36.5 Å². The first-order chi connectivity index (χ1) is 8.41. The van der Waals surface area contributed by atoms with E-state index in [0.29, 0.717) is 13.0 Å². The molecule has 6 heteroatoms. The fourth-order valence-electron chi connectivity index (χ4n) is 1.65. The summed E-state index contributed by atoms with van der Waals surface area (Å²) in [7, 11) is 1.65. The molecule has 0 spiro atoms. The summed E-state index contributed by atoms with van der Waals surface area (Å²) in [6.07, 6.45) is 3.52. The Hall–Kier alpha value is -1.85. The number of amides is 2. The molecule has 0 saturated carbocycles. The quantitative estimate of drug-likeness (QED) is 0.560. The molecule has 0 aromatic heterocycles. The van der Waals surface area contributed by atoms with Crippen LogP contribution in [0.15, 0.2) is 24.0 Å². The first kappa shape index (κ1) is 14.2. The Morgan fingerprint density at radius 1 is 1.67 bits per heavy atom. The largest absolute Gasteiger partial charge is 0.385 e. The maximum atomic E-state index is 12.5. The standard InChI is InChI=1S/C12H18FN3O2/c1-8(13)4-3-5-10(14)15-11(17)9-6-7-16(2)12(9)18/h3-5,8-9H,6-7,14H2,1-2H3,(H,15,17)/b4-3-,10-5+/t8?,9-/m0/s1. The number of halogens is 1. The fraction of sp³-hybridized carbons (Fsp3) is 0.500. The van der Waals surface area contributed by atoms with E-state index in [1.54, 1.807) is 7.05 Å². The highest BCUT2D eigenvalue weighted by Crippen LogP contribution is 2.16. The summed E-state index contributed by atoms with van der Waals surface area (Å²) < 4.78 is 12.5. The van der Waals surface area contributed by atoms with E-state index in [1.165, 1.54) is 30.1 Å². The molecule has 1 heterocycles. The van der Waals surface area contributed by atoms with E-state index in [0.717, 1.165) is 0 Å². The lowest BCUT2D eigenvalue weighted by Crippen LogP contribution is -2.37. The second-order valence-electron chi connectivity index (χ2n) is 4.27. The maximum absolute atomic E-state index is 12.5. The van der Waals surface area contributed by atoms with Crippen molar-refractivity contribution in [1.82, 2.24) is 10.2 Å². The highest BCUT2D eigenvalue weighted by Gasteiger charge is 2.34. The van der Waals surface area contributed by atoms with Crippen molar-refractivity contribution in [3.8, 4) is 0 Å². The van der Waals surface area contributed by atoms with Crippen molar-refractivity contribution in [3.63, 3.8) is 0 Å². The lowest BCUT2D eigenvalue weighted by Gasteiger charge is -2.10. The Kier molecular flexibility index (Phi) is 4.88. The maximum Gasteiger partial charge on any atom is 0.238 e. The van der Waals surface area contributed by atoms with Gasteiger partial charge in [0.1, 0.15) is 17.9 Å². The average molecular weight is 255 g/mol. The van der Waals surface area contributed by atoms with Crippen LogP contribution in [-0.2, 0) is 9.59 Å². The van der Waals surface area contributed by atoms with Crippen LogP contribution < -0.4 is 11.1 Å². The molecule has 0 aromatic rings. The Bertz CT molecular complexity index is 391. The van der Waals surface area contributed by atoms with Crippen molar-refractivity contribution in [2.75, 3.05) is 13.6 Å². The third-order valence-electron chi connectivity index (χ3n) is 2.66. The van der Waals surface area contributed by atoms with Gasteiger partial charge in [-0.05, 0) is 19.4 Å². The van der Waals surface area contributed by atoms with Gasteiger partial charge in [-0.1, -0.05) is 12.2 Å². The molecule has 100 valence electrons. The SMILES string of the molecule is CC(F)/C=C\C=C(/N)NC(=O)[C@@H]1CCN(C)C1=O. The molecule has 1 saturated heterocycles. The normalized spacial score (nSPS) is 22.6.